The highest BCUT2D eigenvalue weighted by Gasteiger charge is 2.23. The Morgan fingerprint density at radius 3 is 1.08 bits per heavy atom. The first kappa shape index (κ1) is 29.9. The van der Waals surface area contributed by atoms with Crippen LogP contribution in [0.5, 0.6) is 23.0 Å². The van der Waals surface area contributed by atoms with Gasteiger partial charge in [-0.15, -0.1) is 0 Å². The Hall–Kier alpha value is -2.62. The van der Waals surface area contributed by atoms with Gasteiger partial charge in [0.2, 0.25) is 0 Å². The van der Waals surface area contributed by atoms with Crippen molar-refractivity contribution in [2.45, 2.75) is 81.1 Å². The molecule has 0 spiro atoms. The van der Waals surface area contributed by atoms with Gasteiger partial charge in [-0.05, 0) is 61.5 Å². The van der Waals surface area contributed by atoms with Crippen LogP contribution in [0.4, 0.5) is 0 Å². The molecule has 0 heterocycles. The second kappa shape index (κ2) is 14.5. The molecule has 3 aromatic carbocycles. The molecule has 0 radical (unpaired) electrons. The molecule has 0 aliphatic heterocycles. The average molecular weight is 523 g/mol. The van der Waals surface area contributed by atoms with Gasteiger partial charge in [-0.1, -0.05) is 79.7 Å². The van der Waals surface area contributed by atoms with Crippen LogP contribution in [0, 0.1) is 23.7 Å². The van der Waals surface area contributed by atoms with Crippen molar-refractivity contribution in [2.24, 2.45) is 23.7 Å². The van der Waals surface area contributed by atoms with E-state index in [1.807, 2.05) is 0 Å². The van der Waals surface area contributed by atoms with E-state index in [4.69, 9.17) is 18.9 Å². The minimum absolute atomic E-state index is 0.558. The van der Waals surface area contributed by atoms with Gasteiger partial charge in [0, 0.05) is 10.8 Å². The molecule has 0 aliphatic carbocycles. The van der Waals surface area contributed by atoms with Gasteiger partial charge in [0.15, 0.2) is 0 Å². The monoisotopic (exact) mass is 522 g/mol. The van der Waals surface area contributed by atoms with E-state index in [2.05, 4.69) is 91.8 Å². The zero-order valence-electron chi connectivity index (χ0n) is 25.1. The Balaban J connectivity index is 2.23. The number of rotatable bonds is 16. The molecule has 0 aliphatic rings. The lowest BCUT2D eigenvalue weighted by molar-refractivity contribution is 0.279. The summed E-state index contributed by atoms with van der Waals surface area (Å²) in [5.74, 6) is 5.70. The Bertz CT molecular complexity index is 1050. The van der Waals surface area contributed by atoms with Gasteiger partial charge < -0.3 is 18.9 Å². The molecule has 210 valence electrons. The lowest BCUT2D eigenvalue weighted by atomic mass is 9.98. The molecule has 38 heavy (non-hydrogen) atoms. The molecule has 3 aromatic rings. The minimum Gasteiger partial charge on any atom is -0.493 e. The molecule has 4 nitrogen and oxygen atoms in total. The standard InChI is InChI=1S/C34H50O4/c1-23(2)15-19-35-29-13-9-11-27-31(29)33(37-21-17-25(5)6)28-12-10-14-30(36-20-16-24(3)4)32(28)34(27)38-22-18-26(7)8/h9-14,23-26H,15-22H2,1-8H3. The van der Waals surface area contributed by atoms with Crippen molar-refractivity contribution in [3.63, 3.8) is 0 Å². The largest absolute Gasteiger partial charge is 0.493 e. The van der Waals surface area contributed by atoms with Crippen molar-refractivity contribution >= 4 is 21.5 Å². The summed E-state index contributed by atoms with van der Waals surface area (Å²) in [4.78, 5) is 0. The lowest BCUT2D eigenvalue weighted by Gasteiger charge is -2.22. The summed E-state index contributed by atoms with van der Waals surface area (Å²) in [5.41, 5.74) is 0. The van der Waals surface area contributed by atoms with Crippen molar-refractivity contribution < 1.29 is 18.9 Å². The van der Waals surface area contributed by atoms with Gasteiger partial charge in [-0.3, -0.25) is 0 Å². The van der Waals surface area contributed by atoms with Crippen LogP contribution in [0.3, 0.4) is 0 Å². The molecule has 0 unspecified atom stereocenters. The van der Waals surface area contributed by atoms with Gasteiger partial charge in [-0.25, -0.2) is 0 Å². The molecule has 3 rings (SSSR count). The Morgan fingerprint density at radius 1 is 0.447 bits per heavy atom. The number of benzene rings is 3. The normalized spacial score (nSPS) is 11.9. The quantitative estimate of drug-likeness (QED) is 0.175. The first-order valence-electron chi connectivity index (χ1n) is 14.7. The molecule has 0 aromatic heterocycles. The van der Waals surface area contributed by atoms with Gasteiger partial charge in [0.05, 0.1) is 37.2 Å². The van der Waals surface area contributed by atoms with E-state index in [0.29, 0.717) is 50.1 Å². The second-order valence-corrected chi connectivity index (χ2v) is 12.1. The fourth-order valence-electron chi connectivity index (χ4n) is 4.32. The van der Waals surface area contributed by atoms with E-state index >= 15 is 0 Å². The van der Waals surface area contributed by atoms with Gasteiger partial charge in [-0.2, -0.15) is 0 Å². The Labute approximate surface area is 231 Å². The zero-order chi connectivity index (χ0) is 27.7. The van der Waals surface area contributed by atoms with E-state index in [9.17, 15) is 0 Å². The molecule has 0 fully saturated rings. The molecule has 4 heteroatoms. The highest BCUT2D eigenvalue weighted by atomic mass is 16.5. The fraction of sp³-hybridized carbons (Fsp3) is 0.588. The molecule has 0 saturated carbocycles. The molecular weight excluding hydrogens is 472 g/mol. The third-order valence-corrected chi connectivity index (χ3v) is 6.78. The number of hydrogen-bond acceptors (Lipinski definition) is 4. The number of fused-ring (bicyclic) bond motifs is 2. The third kappa shape index (κ3) is 8.19. The van der Waals surface area contributed by atoms with Crippen molar-refractivity contribution in [2.75, 3.05) is 26.4 Å². The van der Waals surface area contributed by atoms with Crippen molar-refractivity contribution in [1.29, 1.82) is 0 Å². The molecule has 0 bridgehead atoms. The van der Waals surface area contributed by atoms with E-state index in [1.165, 1.54) is 0 Å². The molecule has 0 saturated heterocycles. The maximum absolute atomic E-state index is 6.62. The van der Waals surface area contributed by atoms with Crippen LogP contribution in [0.2, 0.25) is 0 Å². The third-order valence-electron chi connectivity index (χ3n) is 6.78. The highest BCUT2D eigenvalue weighted by molar-refractivity contribution is 6.15. The summed E-state index contributed by atoms with van der Waals surface area (Å²) in [6.45, 7) is 20.4. The van der Waals surface area contributed by atoms with E-state index in [0.717, 1.165) is 70.2 Å². The van der Waals surface area contributed by atoms with Crippen molar-refractivity contribution in [1.82, 2.24) is 0 Å². The van der Waals surface area contributed by atoms with E-state index in [1.54, 1.807) is 0 Å². The minimum atomic E-state index is 0.558. The van der Waals surface area contributed by atoms with E-state index in [-0.39, 0.29) is 0 Å². The lowest BCUT2D eigenvalue weighted by Crippen LogP contribution is -2.08. The summed E-state index contributed by atoms with van der Waals surface area (Å²) in [7, 11) is 0. The van der Waals surface area contributed by atoms with Crippen LogP contribution in [0.1, 0.15) is 81.1 Å². The number of ether oxygens (including phenoxy) is 4. The van der Waals surface area contributed by atoms with Crippen LogP contribution in [0.25, 0.3) is 21.5 Å². The second-order valence-electron chi connectivity index (χ2n) is 12.1. The fourth-order valence-corrected chi connectivity index (χ4v) is 4.32. The van der Waals surface area contributed by atoms with Crippen LogP contribution in [-0.4, -0.2) is 26.4 Å². The molecule has 0 N–H and O–H groups in total. The Kier molecular flexibility index (Phi) is 11.4. The molecule has 0 atom stereocenters. The topological polar surface area (TPSA) is 36.9 Å². The van der Waals surface area contributed by atoms with Crippen LogP contribution in [-0.2, 0) is 0 Å². The number of hydrogen-bond donors (Lipinski definition) is 0. The van der Waals surface area contributed by atoms with Gasteiger partial charge >= 0.3 is 0 Å². The van der Waals surface area contributed by atoms with Crippen molar-refractivity contribution in [3.05, 3.63) is 36.4 Å². The zero-order valence-corrected chi connectivity index (χ0v) is 25.1. The highest BCUT2D eigenvalue weighted by Crippen LogP contribution is 2.49. The van der Waals surface area contributed by atoms with Crippen LogP contribution >= 0.6 is 0 Å². The maximum Gasteiger partial charge on any atom is 0.139 e. The Morgan fingerprint density at radius 2 is 0.763 bits per heavy atom. The predicted molar refractivity (Wildman–Crippen MR) is 161 cm³/mol. The molecule has 0 amide bonds. The summed E-state index contributed by atoms with van der Waals surface area (Å²) >= 11 is 0. The first-order chi connectivity index (χ1) is 18.2. The maximum atomic E-state index is 6.62. The SMILES string of the molecule is CC(C)CCOc1cccc2c(OCCC(C)C)c3c(OCCC(C)C)cccc3c(OCCC(C)C)c12. The summed E-state index contributed by atoms with van der Waals surface area (Å²) in [5, 5.41) is 4.02. The first-order valence-corrected chi connectivity index (χ1v) is 14.7. The summed E-state index contributed by atoms with van der Waals surface area (Å²) in [6.07, 6.45) is 3.96. The summed E-state index contributed by atoms with van der Waals surface area (Å²) < 4.78 is 26.0. The van der Waals surface area contributed by atoms with Gasteiger partial charge in [0.1, 0.15) is 23.0 Å². The average Bonchev–Trinajstić information content (AvgIpc) is 2.84. The van der Waals surface area contributed by atoms with Gasteiger partial charge in [0.25, 0.3) is 0 Å². The molecular formula is C34H50O4. The predicted octanol–water partition coefficient (Wildman–Crippen LogP) is 9.69. The van der Waals surface area contributed by atoms with Crippen LogP contribution in [0.15, 0.2) is 36.4 Å². The van der Waals surface area contributed by atoms with E-state index < -0.39 is 0 Å². The summed E-state index contributed by atoms with van der Waals surface area (Å²) in [6, 6.07) is 12.5. The van der Waals surface area contributed by atoms with Crippen LogP contribution < -0.4 is 18.9 Å². The van der Waals surface area contributed by atoms with Crippen molar-refractivity contribution in [3.8, 4) is 23.0 Å². The smallest absolute Gasteiger partial charge is 0.139 e.